The number of ether oxygens (including phenoxy) is 2. The Hall–Kier alpha value is -2.84. The molecule has 0 heterocycles. The van der Waals surface area contributed by atoms with Crippen molar-refractivity contribution in [3.05, 3.63) is 71.4 Å². The van der Waals surface area contributed by atoms with Crippen molar-refractivity contribution >= 4 is 15.8 Å². The molecule has 0 amide bonds. The molecule has 8 heteroatoms. The molecule has 0 saturated carbocycles. The Morgan fingerprint density at radius 2 is 1.70 bits per heavy atom. The van der Waals surface area contributed by atoms with Gasteiger partial charge in [-0.2, -0.15) is 0 Å². The highest BCUT2D eigenvalue weighted by Gasteiger charge is 2.16. The fourth-order valence-electron chi connectivity index (χ4n) is 2.65. The lowest BCUT2D eigenvalue weighted by Gasteiger charge is -2.13. The zero-order chi connectivity index (χ0) is 22.0. The Kier molecular flexibility index (Phi) is 8.89. The number of benzene rings is 2. The quantitative estimate of drug-likeness (QED) is 0.331. The molecular formula is C22H27NO6S. The van der Waals surface area contributed by atoms with Gasteiger partial charge in [0.2, 0.25) is 0 Å². The fraction of sp³-hybridized carbons (Fsp3) is 0.318. The monoisotopic (exact) mass is 433 g/mol. The zero-order valence-electron chi connectivity index (χ0n) is 17.4. The van der Waals surface area contributed by atoms with E-state index in [9.17, 15) is 13.2 Å². The van der Waals surface area contributed by atoms with Crippen LogP contribution >= 0.6 is 0 Å². The summed E-state index contributed by atoms with van der Waals surface area (Å²) in [6.45, 7) is 4.08. The van der Waals surface area contributed by atoms with Gasteiger partial charge in [-0.1, -0.05) is 30.3 Å². The molecule has 0 aliphatic heterocycles. The zero-order valence-corrected chi connectivity index (χ0v) is 18.2. The van der Waals surface area contributed by atoms with E-state index in [1.165, 1.54) is 7.11 Å². The highest BCUT2D eigenvalue weighted by molar-refractivity contribution is 7.91. The van der Waals surface area contributed by atoms with Crippen LogP contribution in [0, 0.1) is 0 Å². The van der Waals surface area contributed by atoms with Gasteiger partial charge in [0, 0.05) is 12.1 Å². The average Bonchev–Trinajstić information content (AvgIpc) is 2.76. The van der Waals surface area contributed by atoms with Gasteiger partial charge in [-0.05, 0) is 43.7 Å². The molecule has 0 bridgehead atoms. The Bertz CT molecular complexity index is 953. The summed E-state index contributed by atoms with van der Waals surface area (Å²) in [7, 11) is -2.06. The Morgan fingerprint density at radius 3 is 2.30 bits per heavy atom. The molecule has 0 unspecified atom stereocenters. The first-order valence-electron chi connectivity index (χ1n) is 9.52. The van der Waals surface area contributed by atoms with Crippen molar-refractivity contribution in [2.75, 3.05) is 26.1 Å². The molecular weight excluding hydrogens is 406 g/mol. The molecule has 0 fully saturated rings. The maximum atomic E-state index is 12.3. The Balaban J connectivity index is 1.98. The lowest BCUT2D eigenvalue weighted by atomic mass is 10.0. The van der Waals surface area contributed by atoms with E-state index in [4.69, 9.17) is 14.3 Å². The highest BCUT2D eigenvalue weighted by Crippen LogP contribution is 2.18. The summed E-state index contributed by atoms with van der Waals surface area (Å²) < 4.78 is 35.0. The van der Waals surface area contributed by atoms with Crippen LogP contribution in [0.15, 0.2) is 70.8 Å². The molecule has 0 aliphatic carbocycles. The molecule has 0 aliphatic rings. The van der Waals surface area contributed by atoms with Crippen LogP contribution in [0.4, 0.5) is 0 Å². The van der Waals surface area contributed by atoms with E-state index in [1.807, 2.05) is 19.1 Å². The standard InChI is InChI=1S/C22H27NO6S/c1-4-29-23-17(2)21(22(24)27-3)16-18-10-12-19(13-11-18)28-14-15-30(25,26)20-8-6-5-7-9-20/h5-13,23H,4,14-16H2,1-3H3. The van der Waals surface area contributed by atoms with Gasteiger partial charge in [0.25, 0.3) is 0 Å². The second-order valence-electron chi connectivity index (χ2n) is 6.43. The third-order valence-corrected chi connectivity index (χ3v) is 5.98. The lowest BCUT2D eigenvalue weighted by molar-refractivity contribution is -0.136. The predicted molar refractivity (Wildman–Crippen MR) is 114 cm³/mol. The van der Waals surface area contributed by atoms with E-state index in [1.54, 1.807) is 49.4 Å². The molecule has 0 spiro atoms. The number of nitrogens with one attached hydrogen (secondary N) is 1. The van der Waals surface area contributed by atoms with Crippen LogP contribution in [-0.4, -0.2) is 40.5 Å². The third-order valence-electron chi connectivity index (χ3n) is 4.28. The number of allylic oxidation sites excluding steroid dienone is 1. The molecule has 1 N–H and O–H groups in total. The van der Waals surface area contributed by atoms with Gasteiger partial charge < -0.3 is 9.47 Å². The highest BCUT2D eigenvalue weighted by atomic mass is 32.2. The summed E-state index contributed by atoms with van der Waals surface area (Å²) in [4.78, 5) is 17.5. The molecule has 162 valence electrons. The minimum absolute atomic E-state index is 0.0429. The van der Waals surface area contributed by atoms with E-state index in [0.29, 0.717) is 30.0 Å². The molecule has 0 atom stereocenters. The summed E-state index contributed by atoms with van der Waals surface area (Å²) in [6.07, 6.45) is 0.348. The van der Waals surface area contributed by atoms with Gasteiger partial charge in [0.15, 0.2) is 9.84 Å². The van der Waals surface area contributed by atoms with E-state index in [2.05, 4.69) is 5.48 Å². The maximum Gasteiger partial charge on any atom is 0.335 e. The van der Waals surface area contributed by atoms with Gasteiger partial charge in [-0.3, -0.25) is 10.3 Å². The summed E-state index contributed by atoms with van der Waals surface area (Å²) in [5, 5.41) is 0. The first-order valence-corrected chi connectivity index (χ1v) is 11.2. The van der Waals surface area contributed by atoms with Crippen LogP contribution < -0.4 is 10.2 Å². The third kappa shape index (κ3) is 6.89. The largest absolute Gasteiger partial charge is 0.493 e. The summed E-state index contributed by atoms with van der Waals surface area (Å²) in [6, 6.07) is 15.4. The summed E-state index contributed by atoms with van der Waals surface area (Å²) >= 11 is 0. The molecule has 30 heavy (non-hydrogen) atoms. The van der Waals surface area contributed by atoms with Gasteiger partial charge in [-0.15, -0.1) is 0 Å². The van der Waals surface area contributed by atoms with Crippen molar-refractivity contribution in [3.8, 4) is 5.75 Å². The van der Waals surface area contributed by atoms with Crippen molar-refractivity contribution in [1.29, 1.82) is 0 Å². The first kappa shape index (κ1) is 23.4. The molecule has 2 rings (SSSR count). The number of methoxy groups -OCH3 is 1. The van der Waals surface area contributed by atoms with Crippen LogP contribution in [0.2, 0.25) is 0 Å². The summed E-state index contributed by atoms with van der Waals surface area (Å²) in [5.74, 6) is -0.00283. The smallest absolute Gasteiger partial charge is 0.335 e. The molecule has 7 nitrogen and oxygen atoms in total. The minimum Gasteiger partial charge on any atom is -0.493 e. The Labute approximate surface area is 177 Å². The first-order chi connectivity index (χ1) is 14.4. The van der Waals surface area contributed by atoms with Gasteiger partial charge in [0.1, 0.15) is 12.4 Å². The van der Waals surface area contributed by atoms with Crippen LogP contribution in [0.3, 0.4) is 0 Å². The van der Waals surface area contributed by atoms with Crippen molar-refractivity contribution < 1.29 is 27.5 Å². The Morgan fingerprint density at radius 1 is 1.03 bits per heavy atom. The molecule has 2 aromatic carbocycles. The van der Waals surface area contributed by atoms with E-state index < -0.39 is 15.8 Å². The number of carbonyl (C=O) groups excluding carboxylic acids is 1. The van der Waals surface area contributed by atoms with Crippen LogP contribution in [0.5, 0.6) is 5.75 Å². The van der Waals surface area contributed by atoms with E-state index in [0.717, 1.165) is 5.56 Å². The van der Waals surface area contributed by atoms with Crippen molar-refractivity contribution in [1.82, 2.24) is 5.48 Å². The number of hydroxylamine groups is 1. The SMILES string of the molecule is CCONC(C)=C(Cc1ccc(OCCS(=O)(=O)c2ccccc2)cc1)C(=O)OC. The average molecular weight is 434 g/mol. The second-order valence-corrected chi connectivity index (χ2v) is 8.54. The molecule has 2 aromatic rings. The minimum atomic E-state index is -3.39. The lowest BCUT2D eigenvalue weighted by Crippen LogP contribution is -2.19. The van der Waals surface area contributed by atoms with Gasteiger partial charge >= 0.3 is 5.97 Å². The topological polar surface area (TPSA) is 90.9 Å². The predicted octanol–water partition coefficient (Wildman–Crippen LogP) is 3.07. The van der Waals surface area contributed by atoms with Crippen LogP contribution in [0.1, 0.15) is 19.4 Å². The van der Waals surface area contributed by atoms with Crippen molar-refractivity contribution in [2.45, 2.75) is 25.2 Å². The second kappa shape index (κ2) is 11.4. The van der Waals surface area contributed by atoms with Crippen molar-refractivity contribution in [3.63, 3.8) is 0 Å². The molecule has 0 aromatic heterocycles. The van der Waals surface area contributed by atoms with E-state index in [-0.39, 0.29) is 17.3 Å². The number of hydrogen-bond acceptors (Lipinski definition) is 7. The number of carbonyl (C=O) groups is 1. The summed E-state index contributed by atoms with van der Waals surface area (Å²) in [5.41, 5.74) is 4.64. The fourth-order valence-corrected chi connectivity index (χ4v) is 3.76. The van der Waals surface area contributed by atoms with Gasteiger partial charge in [-0.25, -0.2) is 13.2 Å². The molecule has 0 radical (unpaired) electrons. The van der Waals surface area contributed by atoms with Crippen LogP contribution in [-0.2, 0) is 30.6 Å². The number of esters is 1. The van der Waals surface area contributed by atoms with Crippen molar-refractivity contribution in [2.24, 2.45) is 0 Å². The number of sulfone groups is 1. The van der Waals surface area contributed by atoms with Crippen LogP contribution in [0.25, 0.3) is 0 Å². The normalized spacial score (nSPS) is 12.1. The van der Waals surface area contributed by atoms with E-state index >= 15 is 0 Å². The van der Waals surface area contributed by atoms with Gasteiger partial charge in [0.05, 0.1) is 29.9 Å². The maximum absolute atomic E-state index is 12.3. The molecule has 0 saturated heterocycles. The number of hydrogen-bond donors (Lipinski definition) is 1. The number of rotatable bonds is 11.